The van der Waals surface area contributed by atoms with Crippen LogP contribution in [-0.2, 0) is 6.54 Å². The molecule has 0 spiro atoms. The summed E-state index contributed by atoms with van der Waals surface area (Å²) in [6, 6.07) is 13.8. The Labute approximate surface area is 130 Å². The second-order valence-electron chi connectivity index (χ2n) is 5.39. The van der Waals surface area contributed by atoms with Gasteiger partial charge in [-0.15, -0.1) is 0 Å². The highest BCUT2D eigenvalue weighted by atomic mass is 35.5. The minimum Gasteiger partial charge on any atom is -0.486 e. The molecule has 0 bridgehead atoms. The van der Waals surface area contributed by atoms with Gasteiger partial charge in [-0.05, 0) is 36.2 Å². The van der Waals surface area contributed by atoms with Crippen LogP contribution in [0.1, 0.15) is 18.9 Å². The summed E-state index contributed by atoms with van der Waals surface area (Å²) in [7, 11) is 0. The van der Waals surface area contributed by atoms with E-state index in [9.17, 15) is 0 Å². The molecule has 0 fully saturated rings. The van der Waals surface area contributed by atoms with E-state index in [1.54, 1.807) is 0 Å². The molecule has 3 rings (SSSR count). The van der Waals surface area contributed by atoms with Gasteiger partial charge >= 0.3 is 0 Å². The number of nitrogens with two attached hydrogens (primary N) is 1. The average molecular weight is 303 g/mol. The van der Waals surface area contributed by atoms with Crippen LogP contribution in [0.25, 0.3) is 0 Å². The summed E-state index contributed by atoms with van der Waals surface area (Å²) >= 11 is 6.08. The number of nitrogens with zero attached hydrogens (tertiary/aromatic N) is 1. The van der Waals surface area contributed by atoms with Crippen molar-refractivity contribution in [2.45, 2.75) is 26.0 Å². The molecule has 4 heteroatoms. The van der Waals surface area contributed by atoms with E-state index in [0.717, 1.165) is 41.7 Å². The van der Waals surface area contributed by atoms with Gasteiger partial charge in [-0.1, -0.05) is 30.7 Å². The molecule has 21 heavy (non-hydrogen) atoms. The van der Waals surface area contributed by atoms with Crippen LogP contribution in [0.5, 0.6) is 5.75 Å². The smallest absolute Gasteiger partial charge is 0.145 e. The molecule has 3 nitrogen and oxygen atoms in total. The van der Waals surface area contributed by atoms with Gasteiger partial charge in [0.1, 0.15) is 11.9 Å². The van der Waals surface area contributed by atoms with Crippen molar-refractivity contribution in [3.63, 3.8) is 0 Å². The lowest BCUT2D eigenvalue weighted by atomic mass is 10.1. The molecule has 2 aromatic carbocycles. The lowest BCUT2D eigenvalue weighted by Gasteiger charge is -2.36. The van der Waals surface area contributed by atoms with Crippen molar-refractivity contribution >= 4 is 23.0 Å². The minimum absolute atomic E-state index is 0.193. The van der Waals surface area contributed by atoms with E-state index >= 15 is 0 Å². The molecule has 1 aliphatic heterocycles. The number of fused-ring (bicyclic) bond motifs is 1. The summed E-state index contributed by atoms with van der Waals surface area (Å²) < 4.78 is 6.01. The molecule has 1 atom stereocenters. The largest absolute Gasteiger partial charge is 0.486 e. The number of anilines is 2. The topological polar surface area (TPSA) is 38.5 Å². The molecular weight excluding hydrogens is 284 g/mol. The van der Waals surface area contributed by atoms with Crippen LogP contribution in [0.3, 0.4) is 0 Å². The molecular formula is C17H19ClN2O. The Balaban J connectivity index is 1.91. The Hall–Kier alpha value is -1.87. The highest BCUT2D eigenvalue weighted by molar-refractivity contribution is 6.30. The fourth-order valence-corrected chi connectivity index (χ4v) is 2.88. The maximum Gasteiger partial charge on any atom is 0.145 e. The van der Waals surface area contributed by atoms with Crippen LogP contribution in [0.15, 0.2) is 42.5 Å². The molecule has 1 aliphatic rings. The first-order valence-electron chi connectivity index (χ1n) is 7.21. The van der Waals surface area contributed by atoms with Crippen molar-refractivity contribution in [1.29, 1.82) is 0 Å². The predicted molar refractivity (Wildman–Crippen MR) is 88.1 cm³/mol. The Bertz CT molecular complexity index is 644. The van der Waals surface area contributed by atoms with Gasteiger partial charge in [0.2, 0.25) is 0 Å². The van der Waals surface area contributed by atoms with Crippen LogP contribution in [-0.4, -0.2) is 12.6 Å². The number of hydrogen-bond acceptors (Lipinski definition) is 3. The number of nitrogen functional groups attached to an aromatic ring is 1. The molecule has 1 heterocycles. The zero-order valence-electron chi connectivity index (χ0n) is 12.1. The number of halogens is 1. The van der Waals surface area contributed by atoms with Crippen LogP contribution in [0, 0.1) is 0 Å². The van der Waals surface area contributed by atoms with Gasteiger partial charge in [0.25, 0.3) is 0 Å². The summed E-state index contributed by atoms with van der Waals surface area (Å²) in [4.78, 5) is 2.33. The van der Waals surface area contributed by atoms with E-state index in [0.29, 0.717) is 0 Å². The summed E-state index contributed by atoms with van der Waals surface area (Å²) in [5, 5.41) is 0.769. The summed E-state index contributed by atoms with van der Waals surface area (Å²) in [5.74, 6) is 0.870. The number of ether oxygens (including phenoxy) is 1. The van der Waals surface area contributed by atoms with Crippen molar-refractivity contribution in [2.75, 3.05) is 17.2 Å². The predicted octanol–water partition coefficient (Wildman–Crippen LogP) is 4.10. The van der Waals surface area contributed by atoms with E-state index < -0.39 is 0 Å². The number of rotatable bonds is 3. The van der Waals surface area contributed by atoms with Crippen LogP contribution < -0.4 is 15.4 Å². The Morgan fingerprint density at radius 2 is 2.14 bits per heavy atom. The van der Waals surface area contributed by atoms with E-state index in [4.69, 9.17) is 22.1 Å². The molecule has 0 radical (unpaired) electrons. The molecule has 0 amide bonds. The van der Waals surface area contributed by atoms with E-state index in [-0.39, 0.29) is 6.10 Å². The van der Waals surface area contributed by atoms with Gasteiger partial charge in [-0.3, -0.25) is 0 Å². The molecule has 0 aliphatic carbocycles. The second-order valence-corrected chi connectivity index (χ2v) is 5.82. The first-order chi connectivity index (χ1) is 10.2. The normalized spacial score (nSPS) is 17.2. The zero-order valence-corrected chi connectivity index (χ0v) is 12.8. The Morgan fingerprint density at radius 3 is 2.90 bits per heavy atom. The third-order valence-corrected chi connectivity index (χ3v) is 4.00. The first-order valence-corrected chi connectivity index (χ1v) is 7.59. The lowest BCUT2D eigenvalue weighted by Crippen LogP contribution is -2.39. The standard InChI is InChI=1S/C17H19ClN2O/c1-2-15-11-20(10-12-4-3-5-13(18)8-12)16-7-6-14(19)9-17(16)21-15/h3-9,15H,2,10-11,19H2,1H3. The molecule has 1 unspecified atom stereocenters. The summed E-state index contributed by atoms with van der Waals surface area (Å²) in [6.07, 6.45) is 1.17. The van der Waals surface area contributed by atoms with E-state index in [1.165, 1.54) is 5.56 Å². The van der Waals surface area contributed by atoms with Crippen LogP contribution in [0.2, 0.25) is 5.02 Å². The fraction of sp³-hybridized carbons (Fsp3) is 0.294. The van der Waals surface area contributed by atoms with Crippen molar-refractivity contribution in [2.24, 2.45) is 0 Å². The van der Waals surface area contributed by atoms with Gasteiger partial charge in [0.05, 0.1) is 12.2 Å². The molecule has 2 N–H and O–H groups in total. The molecule has 0 saturated carbocycles. The lowest BCUT2D eigenvalue weighted by molar-refractivity contribution is 0.189. The van der Waals surface area contributed by atoms with Gasteiger partial charge in [-0.2, -0.15) is 0 Å². The highest BCUT2D eigenvalue weighted by Gasteiger charge is 2.24. The monoisotopic (exact) mass is 302 g/mol. The average Bonchev–Trinajstić information content (AvgIpc) is 2.46. The third kappa shape index (κ3) is 3.08. The van der Waals surface area contributed by atoms with Gasteiger partial charge in [-0.25, -0.2) is 0 Å². The van der Waals surface area contributed by atoms with Crippen molar-refractivity contribution in [3.8, 4) is 5.75 Å². The Morgan fingerprint density at radius 1 is 1.29 bits per heavy atom. The third-order valence-electron chi connectivity index (χ3n) is 3.76. The van der Waals surface area contributed by atoms with Crippen LogP contribution in [0.4, 0.5) is 11.4 Å². The summed E-state index contributed by atoms with van der Waals surface area (Å²) in [6.45, 7) is 3.83. The maximum absolute atomic E-state index is 6.08. The first kappa shape index (κ1) is 14.1. The van der Waals surface area contributed by atoms with Crippen molar-refractivity contribution in [3.05, 3.63) is 53.1 Å². The second kappa shape index (κ2) is 5.86. The quantitative estimate of drug-likeness (QED) is 0.868. The van der Waals surface area contributed by atoms with E-state index in [1.807, 2.05) is 36.4 Å². The summed E-state index contributed by atoms with van der Waals surface area (Å²) in [5.41, 5.74) is 8.89. The number of benzene rings is 2. The fourth-order valence-electron chi connectivity index (χ4n) is 2.67. The van der Waals surface area contributed by atoms with E-state index in [2.05, 4.69) is 17.9 Å². The maximum atomic E-state index is 6.08. The molecule has 0 saturated heterocycles. The number of hydrogen-bond donors (Lipinski definition) is 1. The molecule has 0 aromatic heterocycles. The highest BCUT2D eigenvalue weighted by Crippen LogP contribution is 2.36. The van der Waals surface area contributed by atoms with Crippen molar-refractivity contribution < 1.29 is 4.74 Å². The Kier molecular flexibility index (Phi) is 3.93. The van der Waals surface area contributed by atoms with Gasteiger partial charge in [0, 0.05) is 23.3 Å². The van der Waals surface area contributed by atoms with Gasteiger partial charge in [0.15, 0.2) is 0 Å². The molecule has 110 valence electrons. The van der Waals surface area contributed by atoms with Crippen molar-refractivity contribution in [1.82, 2.24) is 0 Å². The van der Waals surface area contributed by atoms with Gasteiger partial charge < -0.3 is 15.4 Å². The zero-order chi connectivity index (χ0) is 14.8. The van der Waals surface area contributed by atoms with Crippen LogP contribution >= 0.6 is 11.6 Å². The SMILES string of the molecule is CCC1CN(Cc2cccc(Cl)c2)c2ccc(N)cc2O1. The molecule has 2 aromatic rings. The minimum atomic E-state index is 0.193.